The number of ether oxygens (including phenoxy) is 1. The van der Waals surface area contributed by atoms with Crippen molar-refractivity contribution in [2.45, 2.75) is 26.9 Å². The van der Waals surface area contributed by atoms with Gasteiger partial charge < -0.3 is 9.72 Å². The minimum absolute atomic E-state index is 0.0855. The highest BCUT2D eigenvalue weighted by Gasteiger charge is 2.25. The summed E-state index contributed by atoms with van der Waals surface area (Å²) in [6, 6.07) is 16.7. The van der Waals surface area contributed by atoms with Gasteiger partial charge in [-0.05, 0) is 49.6 Å². The van der Waals surface area contributed by atoms with Crippen LogP contribution in [-0.4, -0.2) is 16.7 Å². The number of carbonyl (C=O) groups excluding carboxylic acids is 2. The number of esters is 1. The summed E-state index contributed by atoms with van der Waals surface area (Å²) >= 11 is 5.99. The third-order valence-electron chi connectivity index (χ3n) is 4.49. The molecule has 138 valence electrons. The number of benzene rings is 2. The number of halogens is 1. The number of nitrogens with one attached hydrogen (secondary N) is 1. The van der Waals surface area contributed by atoms with Crippen molar-refractivity contribution in [1.82, 2.24) is 4.98 Å². The molecule has 1 N–H and O–H groups in total. The van der Waals surface area contributed by atoms with Crippen LogP contribution in [-0.2, 0) is 4.74 Å². The van der Waals surface area contributed by atoms with E-state index in [0.717, 1.165) is 11.1 Å². The van der Waals surface area contributed by atoms with Gasteiger partial charge in [-0.3, -0.25) is 4.79 Å². The van der Waals surface area contributed by atoms with Crippen LogP contribution in [0.5, 0.6) is 0 Å². The van der Waals surface area contributed by atoms with Gasteiger partial charge in [0.15, 0.2) is 11.9 Å². The zero-order valence-electron chi connectivity index (χ0n) is 15.4. The predicted molar refractivity (Wildman–Crippen MR) is 105 cm³/mol. The first-order valence-electron chi connectivity index (χ1n) is 8.60. The van der Waals surface area contributed by atoms with Gasteiger partial charge in [-0.1, -0.05) is 54.1 Å². The highest BCUT2D eigenvalue weighted by Crippen LogP contribution is 2.29. The summed E-state index contributed by atoms with van der Waals surface area (Å²) in [7, 11) is 0. The Kier molecular flexibility index (Phi) is 5.47. The molecule has 3 aromatic rings. The van der Waals surface area contributed by atoms with Crippen LogP contribution in [0.3, 0.4) is 0 Å². The summed E-state index contributed by atoms with van der Waals surface area (Å²) in [6.45, 7) is 5.00. The second-order valence-corrected chi connectivity index (χ2v) is 6.87. The molecule has 3 rings (SSSR count). The summed E-state index contributed by atoms with van der Waals surface area (Å²) in [5, 5.41) is 0.610. The summed E-state index contributed by atoms with van der Waals surface area (Å²) in [4.78, 5) is 27.7. The van der Waals surface area contributed by atoms with Crippen molar-refractivity contribution in [3.63, 3.8) is 0 Å². The van der Waals surface area contributed by atoms with Crippen LogP contribution in [0.4, 0.5) is 0 Å². The summed E-state index contributed by atoms with van der Waals surface area (Å²) in [5.41, 5.74) is 3.76. The number of carbonyl (C=O) groups is 2. The van der Waals surface area contributed by atoms with Gasteiger partial charge in [0, 0.05) is 16.3 Å². The first-order valence-corrected chi connectivity index (χ1v) is 8.97. The normalized spacial score (nSPS) is 11.9. The highest BCUT2D eigenvalue weighted by atomic mass is 35.5. The van der Waals surface area contributed by atoms with E-state index < -0.39 is 12.1 Å². The van der Waals surface area contributed by atoms with Crippen LogP contribution >= 0.6 is 11.6 Å². The number of aromatic amines is 1. The number of hydrogen-bond donors (Lipinski definition) is 1. The molecule has 5 heteroatoms. The lowest BCUT2D eigenvalue weighted by Crippen LogP contribution is -2.14. The highest BCUT2D eigenvalue weighted by molar-refractivity contribution is 6.30. The monoisotopic (exact) mass is 381 g/mol. The van der Waals surface area contributed by atoms with Gasteiger partial charge in [0.05, 0.1) is 0 Å². The fraction of sp³-hybridized carbons (Fsp3) is 0.182. The Balaban J connectivity index is 1.98. The molecule has 0 unspecified atom stereocenters. The number of rotatable bonds is 5. The van der Waals surface area contributed by atoms with Crippen molar-refractivity contribution >= 4 is 23.4 Å². The molecule has 1 atom stereocenters. The van der Waals surface area contributed by atoms with Crippen LogP contribution in [0.25, 0.3) is 0 Å². The minimum atomic E-state index is -0.584. The molecule has 0 bridgehead atoms. The molecule has 0 radical (unpaired) electrons. The third kappa shape index (κ3) is 3.96. The van der Waals surface area contributed by atoms with E-state index >= 15 is 0 Å². The second kappa shape index (κ2) is 7.80. The average Bonchev–Trinajstić information content (AvgIpc) is 2.95. The quantitative estimate of drug-likeness (QED) is 0.473. The van der Waals surface area contributed by atoms with Crippen molar-refractivity contribution in [2.75, 3.05) is 0 Å². The third-order valence-corrected chi connectivity index (χ3v) is 4.75. The van der Waals surface area contributed by atoms with Gasteiger partial charge in [0.25, 0.3) is 0 Å². The molecule has 1 aromatic heterocycles. The molecule has 2 aromatic carbocycles. The summed E-state index contributed by atoms with van der Waals surface area (Å²) < 4.78 is 5.85. The minimum Gasteiger partial charge on any atom is -0.448 e. The molecule has 0 saturated carbocycles. The van der Waals surface area contributed by atoms with Gasteiger partial charge >= 0.3 is 5.97 Å². The van der Waals surface area contributed by atoms with Gasteiger partial charge in [-0.25, -0.2) is 4.79 Å². The van der Waals surface area contributed by atoms with Crippen molar-refractivity contribution in [1.29, 1.82) is 0 Å². The molecule has 0 aliphatic rings. The molecule has 0 amide bonds. The topological polar surface area (TPSA) is 59.2 Å². The largest absolute Gasteiger partial charge is 0.448 e. The molecule has 27 heavy (non-hydrogen) atoms. The van der Waals surface area contributed by atoms with Gasteiger partial charge in [-0.15, -0.1) is 0 Å². The zero-order chi connectivity index (χ0) is 19.6. The lowest BCUT2D eigenvalue weighted by Gasteiger charge is -2.19. The second-order valence-electron chi connectivity index (χ2n) is 6.43. The summed E-state index contributed by atoms with van der Waals surface area (Å²) in [5.74, 6) is -0.593. The molecule has 0 saturated heterocycles. The van der Waals surface area contributed by atoms with Gasteiger partial charge in [0.2, 0.25) is 0 Å². The van der Waals surface area contributed by atoms with Crippen molar-refractivity contribution in [2.24, 2.45) is 0 Å². The van der Waals surface area contributed by atoms with Crippen LogP contribution in [0.1, 0.15) is 56.3 Å². The molecule has 0 aliphatic heterocycles. The lowest BCUT2D eigenvalue weighted by atomic mass is 10.0. The van der Waals surface area contributed by atoms with Crippen LogP contribution in [0.2, 0.25) is 5.02 Å². The van der Waals surface area contributed by atoms with E-state index in [-0.39, 0.29) is 5.78 Å². The smallest absolute Gasteiger partial charge is 0.355 e. The van der Waals surface area contributed by atoms with Crippen molar-refractivity contribution in [3.8, 4) is 0 Å². The number of ketones is 1. The molecule has 0 aliphatic carbocycles. The van der Waals surface area contributed by atoms with E-state index in [0.29, 0.717) is 27.5 Å². The maximum Gasteiger partial charge on any atom is 0.355 e. The Morgan fingerprint density at radius 2 is 1.56 bits per heavy atom. The first-order chi connectivity index (χ1) is 12.9. The SMILES string of the molecule is CC(=O)c1c(C)[nH]c(C(=O)O[C@H](c2ccccc2)c2ccc(Cl)cc2)c1C. The average molecular weight is 382 g/mol. The standard InChI is InChI=1S/C22H20ClNO3/c1-13-19(15(3)25)14(2)24-20(13)22(26)27-21(16-7-5-4-6-8-16)17-9-11-18(23)12-10-17/h4-12,21,24H,1-3H3/t21-/m1/s1. The molecular formula is C22H20ClNO3. The van der Waals surface area contributed by atoms with Crippen molar-refractivity contribution in [3.05, 3.63) is 93.3 Å². The lowest BCUT2D eigenvalue weighted by molar-refractivity contribution is 0.0371. The van der Waals surface area contributed by atoms with E-state index in [4.69, 9.17) is 16.3 Å². The Labute approximate surface area is 163 Å². The predicted octanol–water partition coefficient (Wildman–Crippen LogP) is 5.43. The fourth-order valence-corrected chi connectivity index (χ4v) is 3.37. The first kappa shape index (κ1) is 18.9. The zero-order valence-corrected chi connectivity index (χ0v) is 16.1. The van der Waals surface area contributed by atoms with E-state index in [2.05, 4.69) is 4.98 Å². The summed E-state index contributed by atoms with van der Waals surface area (Å²) in [6.07, 6.45) is -0.584. The number of aryl methyl sites for hydroxylation is 1. The maximum atomic E-state index is 12.9. The molecule has 0 fully saturated rings. The Morgan fingerprint density at radius 1 is 0.963 bits per heavy atom. The Bertz CT molecular complexity index is 975. The van der Waals surface area contributed by atoms with E-state index in [1.54, 1.807) is 26.0 Å². The number of hydrogen-bond acceptors (Lipinski definition) is 3. The number of H-pyrrole nitrogens is 1. The van der Waals surface area contributed by atoms with Gasteiger partial charge in [-0.2, -0.15) is 0 Å². The van der Waals surface area contributed by atoms with Crippen LogP contribution in [0.15, 0.2) is 54.6 Å². The van der Waals surface area contributed by atoms with Crippen molar-refractivity contribution < 1.29 is 14.3 Å². The number of aromatic nitrogens is 1. The molecular weight excluding hydrogens is 362 g/mol. The van der Waals surface area contributed by atoms with Crippen LogP contribution in [0, 0.1) is 13.8 Å². The van der Waals surface area contributed by atoms with Crippen LogP contribution < -0.4 is 0 Å². The molecule has 4 nitrogen and oxygen atoms in total. The van der Waals surface area contributed by atoms with Gasteiger partial charge in [0.1, 0.15) is 5.69 Å². The van der Waals surface area contributed by atoms with E-state index in [1.165, 1.54) is 6.92 Å². The fourth-order valence-electron chi connectivity index (χ4n) is 3.24. The maximum absolute atomic E-state index is 12.9. The van der Waals surface area contributed by atoms with E-state index in [1.807, 2.05) is 42.5 Å². The Morgan fingerprint density at radius 3 is 2.11 bits per heavy atom. The Hall–Kier alpha value is -2.85. The van der Waals surface area contributed by atoms with E-state index in [9.17, 15) is 9.59 Å². The molecule has 0 spiro atoms. The molecule has 1 heterocycles. The number of Topliss-reactive ketones (excluding diaryl/α,β-unsaturated/α-hetero) is 1.